The molecule has 0 bridgehead atoms. The van der Waals surface area contributed by atoms with Crippen molar-refractivity contribution in [2.75, 3.05) is 18.1 Å². The maximum absolute atomic E-state index is 11.3. The highest BCUT2D eigenvalue weighted by Crippen LogP contribution is 2.43. The Bertz CT molecular complexity index is 312. The van der Waals surface area contributed by atoms with Crippen LogP contribution in [0.25, 0.3) is 0 Å². The second-order valence-corrected chi connectivity index (χ2v) is 7.42. The van der Waals surface area contributed by atoms with Gasteiger partial charge in [0, 0.05) is 18.0 Å². The van der Waals surface area contributed by atoms with Crippen molar-refractivity contribution in [1.82, 2.24) is 5.32 Å². The van der Waals surface area contributed by atoms with Gasteiger partial charge in [-0.3, -0.25) is 0 Å². The Morgan fingerprint density at radius 3 is 2.13 bits per heavy atom. The van der Waals surface area contributed by atoms with Gasteiger partial charge in [0.2, 0.25) is 0 Å². The van der Waals surface area contributed by atoms with Crippen molar-refractivity contribution in [3.05, 3.63) is 0 Å². The first-order chi connectivity index (χ1) is 6.45. The van der Waals surface area contributed by atoms with Gasteiger partial charge in [0.05, 0.1) is 11.5 Å². The van der Waals surface area contributed by atoms with E-state index in [9.17, 15) is 8.42 Å². The smallest absolute Gasteiger partial charge is 0.150 e. The molecule has 2 fully saturated rings. The lowest BCUT2D eigenvalue weighted by Crippen LogP contribution is -2.66. The summed E-state index contributed by atoms with van der Waals surface area (Å²) in [6.07, 6.45) is 1.73. The second-order valence-electron chi connectivity index (χ2n) is 5.12. The highest BCUT2D eigenvalue weighted by atomic mass is 35.5. The number of hydrogen-bond donors (Lipinski definition) is 1. The van der Waals surface area contributed by atoms with Crippen LogP contribution in [0.2, 0.25) is 0 Å². The molecule has 2 heterocycles. The SMILES string of the molecule is CC(C)C1NCC12CCS(=O)(=O)CC2.Cl. The van der Waals surface area contributed by atoms with Gasteiger partial charge in [0.25, 0.3) is 0 Å². The molecule has 1 unspecified atom stereocenters. The van der Waals surface area contributed by atoms with Crippen LogP contribution in [0, 0.1) is 11.3 Å². The van der Waals surface area contributed by atoms with Gasteiger partial charge in [-0.15, -0.1) is 12.4 Å². The van der Waals surface area contributed by atoms with E-state index in [-0.39, 0.29) is 12.4 Å². The van der Waals surface area contributed by atoms with Crippen molar-refractivity contribution in [3.8, 4) is 0 Å². The molecule has 2 saturated heterocycles. The molecular formula is C10H20ClNO2S. The van der Waals surface area contributed by atoms with Gasteiger partial charge in [-0.05, 0) is 18.8 Å². The molecule has 0 aromatic heterocycles. The second kappa shape index (κ2) is 4.22. The van der Waals surface area contributed by atoms with Gasteiger partial charge in [0.15, 0.2) is 0 Å². The molecule has 2 aliphatic heterocycles. The van der Waals surface area contributed by atoms with E-state index in [0.717, 1.165) is 19.4 Å². The first-order valence-electron chi connectivity index (χ1n) is 5.39. The topological polar surface area (TPSA) is 46.2 Å². The van der Waals surface area contributed by atoms with E-state index in [0.29, 0.717) is 28.9 Å². The first kappa shape index (κ1) is 13.3. The van der Waals surface area contributed by atoms with Crippen molar-refractivity contribution in [1.29, 1.82) is 0 Å². The Morgan fingerprint density at radius 2 is 1.80 bits per heavy atom. The van der Waals surface area contributed by atoms with E-state index >= 15 is 0 Å². The number of halogens is 1. The van der Waals surface area contributed by atoms with E-state index < -0.39 is 9.84 Å². The molecule has 1 N–H and O–H groups in total. The predicted molar refractivity (Wildman–Crippen MR) is 64.2 cm³/mol. The van der Waals surface area contributed by atoms with Gasteiger partial charge in [-0.25, -0.2) is 8.42 Å². The summed E-state index contributed by atoms with van der Waals surface area (Å²) in [7, 11) is -2.71. The van der Waals surface area contributed by atoms with Crippen molar-refractivity contribution < 1.29 is 8.42 Å². The molecular weight excluding hydrogens is 234 g/mol. The Hall–Kier alpha value is 0.200. The van der Waals surface area contributed by atoms with Crippen LogP contribution < -0.4 is 5.32 Å². The lowest BCUT2D eigenvalue weighted by Gasteiger charge is -2.54. The molecule has 1 atom stereocenters. The zero-order chi connectivity index (χ0) is 10.4. The summed E-state index contributed by atoms with van der Waals surface area (Å²) in [5.74, 6) is 1.42. The fourth-order valence-corrected chi connectivity index (χ4v) is 4.52. The molecule has 2 aliphatic rings. The van der Waals surface area contributed by atoms with Crippen molar-refractivity contribution in [3.63, 3.8) is 0 Å². The summed E-state index contributed by atoms with van der Waals surface area (Å²) < 4.78 is 22.7. The summed E-state index contributed by atoms with van der Waals surface area (Å²) in [6.45, 7) is 5.44. The lowest BCUT2D eigenvalue weighted by molar-refractivity contribution is 0.0381. The van der Waals surface area contributed by atoms with Crippen LogP contribution in [-0.4, -0.2) is 32.5 Å². The summed E-state index contributed by atoms with van der Waals surface area (Å²) in [6, 6.07) is 0.540. The zero-order valence-corrected chi connectivity index (χ0v) is 11.0. The van der Waals surface area contributed by atoms with Crippen LogP contribution in [0.5, 0.6) is 0 Å². The maximum atomic E-state index is 11.3. The molecule has 1 spiro atoms. The van der Waals surface area contributed by atoms with Crippen molar-refractivity contribution in [2.45, 2.75) is 32.7 Å². The average Bonchev–Trinajstić information content (AvgIpc) is 2.01. The van der Waals surface area contributed by atoms with E-state index in [1.807, 2.05) is 0 Å². The van der Waals surface area contributed by atoms with Crippen LogP contribution >= 0.6 is 12.4 Å². The van der Waals surface area contributed by atoms with Crippen LogP contribution in [0.4, 0.5) is 0 Å². The fourth-order valence-electron chi connectivity index (χ4n) is 2.88. The van der Waals surface area contributed by atoms with Crippen LogP contribution in [0.1, 0.15) is 26.7 Å². The van der Waals surface area contributed by atoms with Gasteiger partial charge < -0.3 is 5.32 Å². The third-order valence-corrected chi connectivity index (χ3v) is 5.47. The Balaban J connectivity index is 0.00000112. The van der Waals surface area contributed by atoms with Crippen LogP contribution in [-0.2, 0) is 9.84 Å². The monoisotopic (exact) mass is 253 g/mol. The molecule has 90 valence electrons. The summed E-state index contributed by atoms with van der Waals surface area (Å²) in [5, 5.41) is 3.44. The maximum Gasteiger partial charge on any atom is 0.150 e. The summed E-state index contributed by atoms with van der Waals surface area (Å²) >= 11 is 0. The quantitative estimate of drug-likeness (QED) is 0.765. The predicted octanol–water partition coefficient (Wildman–Crippen LogP) is 1.23. The molecule has 0 aromatic rings. The Labute approximate surface area is 98.3 Å². The van der Waals surface area contributed by atoms with Gasteiger partial charge >= 0.3 is 0 Å². The van der Waals surface area contributed by atoms with Gasteiger partial charge in [-0.1, -0.05) is 13.8 Å². The van der Waals surface area contributed by atoms with Gasteiger partial charge in [0.1, 0.15) is 9.84 Å². The molecule has 3 nitrogen and oxygen atoms in total. The highest BCUT2D eigenvalue weighted by molar-refractivity contribution is 7.91. The number of nitrogens with one attached hydrogen (secondary N) is 1. The normalized spacial score (nSPS) is 32.1. The number of sulfone groups is 1. The van der Waals surface area contributed by atoms with E-state index in [1.54, 1.807) is 0 Å². The molecule has 0 amide bonds. The molecule has 0 radical (unpaired) electrons. The molecule has 15 heavy (non-hydrogen) atoms. The third kappa shape index (κ3) is 2.32. The third-order valence-electron chi connectivity index (χ3n) is 3.82. The van der Waals surface area contributed by atoms with Crippen molar-refractivity contribution >= 4 is 22.2 Å². The minimum absolute atomic E-state index is 0. The Kier molecular flexibility index (Phi) is 3.74. The van der Waals surface area contributed by atoms with Gasteiger partial charge in [-0.2, -0.15) is 0 Å². The molecule has 0 aliphatic carbocycles. The van der Waals surface area contributed by atoms with Crippen molar-refractivity contribution in [2.24, 2.45) is 11.3 Å². The average molecular weight is 254 g/mol. The van der Waals surface area contributed by atoms with E-state index in [2.05, 4.69) is 19.2 Å². The first-order valence-corrected chi connectivity index (χ1v) is 7.21. The minimum atomic E-state index is -2.71. The fraction of sp³-hybridized carbons (Fsp3) is 1.00. The highest BCUT2D eigenvalue weighted by Gasteiger charge is 2.50. The standard InChI is InChI=1S/C10H19NO2S.ClH/c1-8(2)9-10(7-11-9)3-5-14(12,13)6-4-10;/h8-9,11H,3-7H2,1-2H3;1H. The Morgan fingerprint density at radius 1 is 1.27 bits per heavy atom. The number of rotatable bonds is 1. The minimum Gasteiger partial charge on any atom is -0.313 e. The van der Waals surface area contributed by atoms with Crippen LogP contribution in [0.3, 0.4) is 0 Å². The van der Waals surface area contributed by atoms with E-state index in [4.69, 9.17) is 0 Å². The summed E-state index contributed by atoms with van der Waals surface area (Å²) in [4.78, 5) is 0. The number of hydrogen-bond acceptors (Lipinski definition) is 3. The molecule has 2 rings (SSSR count). The largest absolute Gasteiger partial charge is 0.313 e. The molecule has 0 aromatic carbocycles. The van der Waals surface area contributed by atoms with E-state index in [1.165, 1.54) is 0 Å². The summed E-state index contributed by atoms with van der Waals surface area (Å²) in [5.41, 5.74) is 0.305. The lowest BCUT2D eigenvalue weighted by atomic mass is 9.65. The molecule has 5 heteroatoms. The zero-order valence-electron chi connectivity index (χ0n) is 9.32. The molecule has 0 saturated carbocycles. The van der Waals surface area contributed by atoms with Crippen LogP contribution in [0.15, 0.2) is 0 Å².